The van der Waals surface area contributed by atoms with Gasteiger partial charge < -0.3 is 15.4 Å². The van der Waals surface area contributed by atoms with Crippen LogP contribution in [0.25, 0.3) is 0 Å². The minimum Gasteiger partial charge on any atom is -0.379 e. The van der Waals surface area contributed by atoms with E-state index in [-0.39, 0.29) is 11.5 Å². The Kier molecular flexibility index (Phi) is 4.48. The van der Waals surface area contributed by atoms with E-state index in [1.807, 2.05) is 24.3 Å². The maximum Gasteiger partial charge on any atom is 0.297 e. The Bertz CT molecular complexity index is 691. The van der Waals surface area contributed by atoms with E-state index in [1.165, 1.54) is 6.21 Å². The van der Waals surface area contributed by atoms with Crippen LogP contribution in [0.2, 0.25) is 0 Å². The SMILES string of the molecule is Nc1nonc1C(=O)N/N=C\c1ccc(N2CCOCC2)cc1. The van der Waals surface area contributed by atoms with Crippen LogP contribution in [0.1, 0.15) is 16.1 Å². The van der Waals surface area contributed by atoms with Gasteiger partial charge >= 0.3 is 0 Å². The molecule has 1 saturated heterocycles. The zero-order valence-electron chi connectivity index (χ0n) is 12.3. The fourth-order valence-corrected chi connectivity index (χ4v) is 2.16. The molecule has 2 aromatic rings. The highest BCUT2D eigenvalue weighted by molar-refractivity contribution is 5.96. The number of ether oxygens (including phenoxy) is 1. The van der Waals surface area contributed by atoms with Crippen molar-refractivity contribution in [1.29, 1.82) is 0 Å². The Hall–Kier alpha value is -2.94. The average Bonchev–Trinajstić information content (AvgIpc) is 3.02. The number of morpholine rings is 1. The maximum absolute atomic E-state index is 11.7. The molecule has 120 valence electrons. The van der Waals surface area contributed by atoms with E-state index in [9.17, 15) is 4.79 Å². The van der Waals surface area contributed by atoms with Gasteiger partial charge in [0.1, 0.15) is 0 Å². The molecule has 1 amide bonds. The first-order chi connectivity index (χ1) is 11.2. The molecule has 1 aromatic heterocycles. The molecule has 0 aliphatic carbocycles. The fraction of sp³-hybridized carbons (Fsp3) is 0.286. The lowest BCUT2D eigenvalue weighted by atomic mass is 10.2. The van der Waals surface area contributed by atoms with Gasteiger partial charge in [-0.1, -0.05) is 12.1 Å². The van der Waals surface area contributed by atoms with Gasteiger partial charge in [0.2, 0.25) is 11.5 Å². The molecule has 9 heteroatoms. The van der Waals surface area contributed by atoms with Crippen LogP contribution in [0, 0.1) is 0 Å². The first kappa shape index (κ1) is 15.0. The summed E-state index contributed by atoms with van der Waals surface area (Å²) >= 11 is 0. The van der Waals surface area contributed by atoms with Crippen molar-refractivity contribution in [2.45, 2.75) is 0 Å². The lowest BCUT2D eigenvalue weighted by Crippen LogP contribution is -2.36. The minimum atomic E-state index is -0.579. The number of benzene rings is 1. The number of aromatic nitrogens is 2. The lowest BCUT2D eigenvalue weighted by Gasteiger charge is -2.28. The molecular weight excluding hydrogens is 300 g/mol. The average molecular weight is 316 g/mol. The van der Waals surface area contributed by atoms with Crippen LogP contribution in [0.4, 0.5) is 11.5 Å². The quantitative estimate of drug-likeness (QED) is 0.613. The van der Waals surface area contributed by atoms with Crippen LogP contribution in [-0.4, -0.2) is 48.7 Å². The molecule has 1 fully saturated rings. The molecule has 3 rings (SSSR count). The van der Waals surface area contributed by atoms with E-state index in [4.69, 9.17) is 10.5 Å². The number of carbonyl (C=O) groups excluding carboxylic acids is 1. The highest BCUT2D eigenvalue weighted by atomic mass is 16.6. The number of nitrogens with zero attached hydrogens (tertiary/aromatic N) is 4. The van der Waals surface area contributed by atoms with Crippen molar-refractivity contribution in [3.8, 4) is 0 Å². The fourth-order valence-electron chi connectivity index (χ4n) is 2.16. The molecule has 1 aliphatic rings. The van der Waals surface area contributed by atoms with Gasteiger partial charge in [0.25, 0.3) is 5.91 Å². The van der Waals surface area contributed by atoms with Crippen LogP contribution >= 0.6 is 0 Å². The smallest absolute Gasteiger partial charge is 0.297 e. The number of hydrogen-bond donors (Lipinski definition) is 2. The molecular formula is C14H16N6O3. The molecule has 0 unspecified atom stereocenters. The molecule has 1 aliphatic heterocycles. The van der Waals surface area contributed by atoms with E-state index in [0.717, 1.165) is 37.6 Å². The van der Waals surface area contributed by atoms with Crippen LogP contribution in [0.5, 0.6) is 0 Å². The van der Waals surface area contributed by atoms with Gasteiger partial charge in [-0.2, -0.15) is 5.10 Å². The monoisotopic (exact) mass is 316 g/mol. The van der Waals surface area contributed by atoms with Crippen molar-refractivity contribution in [3.05, 3.63) is 35.5 Å². The topological polar surface area (TPSA) is 119 Å². The standard InChI is InChI=1S/C14H16N6O3/c15-13-12(18-23-19-13)14(21)17-16-9-10-1-3-11(4-2-10)20-5-7-22-8-6-20/h1-4,9H,5-8H2,(H2,15,19)(H,17,21)/b16-9-. The van der Waals surface area contributed by atoms with Crippen LogP contribution in [-0.2, 0) is 4.74 Å². The van der Waals surface area contributed by atoms with Crippen molar-refractivity contribution >= 4 is 23.6 Å². The third-order valence-electron chi connectivity index (χ3n) is 3.38. The molecule has 23 heavy (non-hydrogen) atoms. The molecule has 0 radical (unpaired) electrons. The molecule has 2 heterocycles. The summed E-state index contributed by atoms with van der Waals surface area (Å²) in [5, 5.41) is 10.6. The van der Waals surface area contributed by atoms with E-state index >= 15 is 0 Å². The molecule has 1 aromatic carbocycles. The van der Waals surface area contributed by atoms with Crippen molar-refractivity contribution in [3.63, 3.8) is 0 Å². The van der Waals surface area contributed by atoms with Gasteiger partial charge in [0, 0.05) is 18.8 Å². The highest BCUT2D eigenvalue weighted by Gasteiger charge is 2.15. The summed E-state index contributed by atoms with van der Waals surface area (Å²) in [6.07, 6.45) is 1.53. The number of hydrazone groups is 1. The molecule has 3 N–H and O–H groups in total. The van der Waals surface area contributed by atoms with Crippen LogP contribution < -0.4 is 16.1 Å². The third-order valence-corrected chi connectivity index (χ3v) is 3.38. The Morgan fingerprint density at radius 2 is 2.00 bits per heavy atom. The number of carbonyl (C=O) groups is 1. The predicted octanol–water partition coefficient (Wildman–Crippen LogP) is 0.252. The molecule has 0 spiro atoms. The van der Waals surface area contributed by atoms with Gasteiger partial charge in [0.15, 0.2) is 0 Å². The number of amides is 1. The summed E-state index contributed by atoms with van der Waals surface area (Å²) in [5.74, 6) is -0.655. The Labute approximate surface area is 132 Å². The number of anilines is 2. The van der Waals surface area contributed by atoms with E-state index < -0.39 is 5.91 Å². The van der Waals surface area contributed by atoms with E-state index in [0.29, 0.717) is 0 Å². The summed E-state index contributed by atoms with van der Waals surface area (Å²) in [4.78, 5) is 13.9. The Balaban J connectivity index is 1.57. The first-order valence-electron chi connectivity index (χ1n) is 7.08. The minimum absolute atomic E-state index is 0.0763. The van der Waals surface area contributed by atoms with Gasteiger partial charge in [-0.15, -0.1) is 0 Å². The summed E-state index contributed by atoms with van der Waals surface area (Å²) in [7, 11) is 0. The molecule has 0 saturated carbocycles. The molecule has 9 nitrogen and oxygen atoms in total. The number of hydrogen-bond acceptors (Lipinski definition) is 8. The van der Waals surface area contributed by atoms with Gasteiger partial charge in [-0.25, -0.2) is 10.1 Å². The summed E-state index contributed by atoms with van der Waals surface area (Å²) in [6, 6.07) is 7.86. The lowest BCUT2D eigenvalue weighted by molar-refractivity contribution is 0.0946. The van der Waals surface area contributed by atoms with Crippen molar-refractivity contribution in [2.24, 2.45) is 5.10 Å². The zero-order valence-corrected chi connectivity index (χ0v) is 12.3. The van der Waals surface area contributed by atoms with Gasteiger partial charge in [-0.05, 0) is 28.0 Å². The predicted molar refractivity (Wildman–Crippen MR) is 83.2 cm³/mol. The first-order valence-corrected chi connectivity index (χ1v) is 7.08. The van der Waals surface area contributed by atoms with Gasteiger partial charge in [-0.3, -0.25) is 4.79 Å². The number of nitrogens with two attached hydrogens (primary N) is 1. The van der Waals surface area contributed by atoms with E-state index in [2.05, 4.69) is 30.4 Å². The van der Waals surface area contributed by atoms with Crippen LogP contribution in [0.15, 0.2) is 34.0 Å². The maximum atomic E-state index is 11.7. The Morgan fingerprint density at radius 1 is 1.26 bits per heavy atom. The van der Waals surface area contributed by atoms with Crippen molar-refractivity contribution in [1.82, 2.24) is 15.7 Å². The van der Waals surface area contributed by atoms with Crippen LogP contribution in [0.3, 0.4) is 0 Å². The second-order valence-electron chi connectivity index (χ2n) is 4.89. The number of nitrogens with one attached hydrogen (secondary N) is 1. The van der Waals surface area contributed by atoms with Crippen molar-refractivity contribution < 1.29 is 14.2 Å². The molecule has 0 atom stereocenters. The highest BCUT2D eigenvalue weighted by Crippen LogP contribution is 2.15. The normalized spacial score (nSPS) is 15.0. The number of rotatable bonds is 4. The third kappa shape index (κ3) is 3.64. The summed E-state index contributed by atoms with van der Waals surface area (Å²) in [5.41, 5.74) is 9.63. The molecule has 0 bridgehead atoms. The Morgan fingerprint density at radius 3 is 2.65 bits per heavy atom. The van der Waals surface area contributed by atoms with Crippen molar-refractivity contribution in [2.75, 3.05) is 36.9 Å². The largest absolute Gasteiger partial charge is 0.379 e. The van der Waals surface area contributed by atoms with E-state index in [1.54, 1.807) is 0 Å². The number of nitrogen functional groups attached to an aromatic ring is 1. The second-order valence-corrected chi connectivity index (χ2v) is 4.89. The summed E-state index contributed by atoms with van der Waals surface area (Å²) in [6.45, 7) is 3.26. The zero-order chi connectivity index (χ0) is 16.1. The second kappa shape index (κ2) is 6.88. The van der Waals surface area contributed by atoms with Gasteiger partial charge in [0.05, 0.1) is 19.4 Å². The summed E-state index contributed by atoms with van der Waals surface area (Å²) < 4.78 is 9.68.